The van der Waals surface area contributed by atoms with E-state index < -0.39 is 11.8 Å². The average molecular weight is 336 g/mol. The summed E-state index contributed by atoms with van der Waals surface area (Å²) in [5.41, 5.74) is 7.14. The van der Waals surface area contributed by atoms with E-state index in [-0.39, 0.29) is 24.9 Å². The molecule has 0 unspecified atom stereocenters. The number of carbonyl (C=O) groups is 3. The Morgan fingerprint density at radius 2 is 1.83 bits per heavy atom. The minimum atomic E-state index is -0.542. The van der Waals surface area contributed by atoms with Gasteiger partial charge in [0, 0.05) is 45.1 Å². The predicted octanol–water partition coefficient (Wildman–Crippen LogP) is 0.0162. The Morgan fingerprint density at radius 3 is 2.38 bits per heavy atom. The third-order valence-corrected chi connectivity index (χ3v) is 4.49. The van der Waals surface area contributed by atoms with Gasteiger partial charge >= 0.3 is 0 Å². The zero-order valence-corrected chi connectivity index (χ0v) is 14.4. The Bertz CT molecular complexity index is 621. The quantitative estimate of drug-likeness (QED) is 0.833. The van der Waals surface area contributed by atoms with Crippen LogP contribution in [0.3, 0.4) is 0 Å². The molecule has 1 aromatic heterocycles. The van der Waals surface area contributed by atoms with Crippen molar-refractivity contribution in [2.45, 2.75) is 33.6 Å². The fraction of sp³-hybridized carbons (Fsp3) is 0.625. The lowest BCUT2D eigenvalue weighted by Crippen LogP contribution is -2.41. The molecule has 8 nitrogen and oxygen atoms in total. The molecule has 0 spiro atoms. The molecule has 0 saturated carbocycles. The van der Waals surface area contributed by atoms with Gasteiger partial charge in [-0.25, -0.2) is 0 Å². The maximum Gasteiger partial charge on any atom is 0.224 e. The molecule has 3 amide bonds. The molecule has 1 aliphatic heterocycles. The molecule has 1 aliphatic rings. The second-order valence-electron chi connectivity index (χ2n) is 6.21. The highest BCUT2D eigenvalue weighted by Crippen LogP contribution is 2.16. The molecule has 0 aromatic carbocycles. The molecular formula is C16H24N4O4. The van der Waals surface area contributed by atoms with Gasteiger partial charge in [0.1, 0.15) is 5.76 Å². The molecule has 1 atom stereocenters. The number of rotatable bonds is 4. The summed E-state index contributed by atoms with van der Waals surface area (Å²) in [5, 5.41) is 3.88. The summed E-state index contributed by atoms with van der Waals surface area (Å²) < 4.78 is 5.10. The SMILES string of the molecule is CC(=O)N1CCN(C(=O)CCc2c(C)noc2C)C[C@@H](C(N)=O)C1. The van der Waals surface area contributed by atoms with E-state index in [9.17, 15) is 14.4 Å². The molecule has 0 radical (unpaired) electrons. The van der Waals surface area contributed by atoms with Crippen molar-refractivity contribution >= 4 is 17.7 Å². The van der Waals surface area contributed by atoms with E-state index in [0.29, 0.717) is 31.7 Å². The maximum atomic E-state index is 12.5. The maximum absolute atomic E-state index is 12.5. The Labute approximate surface area is 140 Å². The van der Waals surface area contributed by atoms with Crippen molar-refractivity contribution in [3.8, 4) is 0 Å². The number of aromatic nitrogens is 1. The number of primary amides is 1. The summed E-state index contributed by atoms with van der Waals surface area (Å²) in [6, 6.07) is 0. The van der Waals surface area contributed by atoms with Crippen LogP contribution in [0.5, 0.6) is 0 Å². The predicted molar refractivity (Wildman–Crippen MR) is 85.8 cm³/mol. The van der Waals surface area contributed by atoms with Crippen LogP contribution in [0.4, 0.5) is 0 Å². The first-order valence-electron chi connectivity index (χ1n) is 8.04. The molecule has 24 heavy (non-hydrogen) atoms. The van der Waals surface area contributed by atoms with E-state index in [1.807, 2.05) is 13.8 Å². The number of nitrogens with zero attached hydrogens (tertiary/aromatic N) is 3. The molecule has 2 heterocycles. The third kappa shape index (κ3) is 4.12. The van der Waals surface area contributed by atoms with Crippen molar-refractivity contribution in [1.29, 1.82) is 0 Å². The fourth-order valence-electron chi connectivity index (χ4n) is 2.96. The summed E-state index contributed by atoms with van der Waals surface area (Å²) in [7, 11) is 0. The molecule has 1 fully saturated rings. The van der Waals surface area contributed by atoms with Gasteiger partial charge in [-0.05, 0) is 20.3 Å². The molecule has 2 N–H and O–H groups in total. The summed E-state index contributed by atoms with van der Waals surface area (Å²) in [5.74, 6) is -0.502. The fourth-order valence-corrected chi connectivity index (χ4v) is 2.96. The van der Waals surface area contributed by atoms with Gasteiger partial charge in [0.2, 0.25) is 17.7 Å². The van der Waals surface area contributed by atoms with Gasteiger partial charge in [-0.2, -0.15) is 0 Å². The Kier molecular flexibility index (Phi) is 5.58. The number of carbonyl (C=O) groups excluding carboxylic acids is 3. The van der Waals surface area contributed by atoms with Gasteiger partial charge in [0.05, 0.1) is 11.6 Å². The first kappa shape index (κ1) is 18.0. The zero-order chi connectivity index (χ0) is 17.9. The van der Waals surface area contributed by atoms with Crippen molar-refractivity contribution in [1.82, 2.24) is 15.0 Å². The van der Waals surface area contributed by atoms with Crippen molar-refractivity contribution in [2.75, 3.05) is 26.2 Å². The van der Waals surface area contributed by atoms with Crippen molar-refractivity contribution in [3.05, 3.63) is 17.0 Å². The van der Waals surface area contributed by atoms with Crippen LogP contribution in [0.1, 0.15) is 30.4 Å². The molecule has 1 aromatic rings. The van der Waals surface area contributed by atoms with E-state index in [2.05, 4.69) is 5.16 Å². The number of amides is 3. The van der Waals surface area contributed by atoms with E-state index in [0.717, 1.165) is 11.3 Å². The summed E-state index contributed by atoms with van der Waals surface area (Å²) in [6.07, 6.45) is 0.836. The number of aryl methyl sites for hydroxylation is 2. The Balaban J connectivity index is 2.02. The molecular weight excluding hydrogens is 312 g/mol. The highest BCUT2D eigenvalue weighted by atomic mass is 16.5. The lowest BCUT2D eigenvalue weighted by molar-refractivity contribution is -0.132. The third-order valence-electron chi connectivity index (χ3n) is 4.49. The zero-order valence-electron chi connectivity index (χ0n) is 14.4. The second-order valence-corrected chi connectivity index (χ2v) is 6.21. The largest absolute Gasteiger partial charge is 0.369 e. The molecule has 132 valence electrons. The minimum Gasteiger partial charge on any atom is -0.369 e. The van der Waals surface area contributed by atoms with E-state index in [1.54, 1.807) is 9.80 Å². The Morgan fingerprint density at radius 1 is 1.21 bits per heavy atom. The van der Waals surface area contributed by atoms with Crippen LogP contribution in [0.25, 0.3) is 0 Å². The van der Waals surface area contributed by atoms with E-state index in [1.165, 1.54) is 6.92 Å². The van der Waals surface area contributed by atoms with Crippen LogP contribution in [0.2, 0.25) is 0 Å². The first-order chi connectivity index (χ1) is 11.3. The smallest absolute Gasteiger partial charge is 0.224 e. The highest BCUT2D eigenvalue weighted by Gasteiger charge is 2.29. The Hall–Kier alpha value is -2.38. The van der Waals surface area contributed by atoms with Crippen LogP contribution in [-0.2, 0) is 20.8 Å². The molecule has 8 heteroatoms. The van der Waals surface area contributed by atoms with E-state index in [4.69, 9.17) is 10.3 Å². The van der Waals surface area contributed by atoms with Gasteiger partial charge in [0.15, 0.2) is 0 Å². The molecule has 1 saturated heterocycles. The first-order valence-corrected chi connectivity index (χ1v) is 8.04. The van der Waals surface area contributed by atoms with Crippen LogP contribution in [0, 0.1) is 19.8 Å². The monoisotopic (exact) mass is 336 g/mol. The number of hydrogen-bond acceptors (Lipinski definition) is 5. The van der Waals surface area contributed by atoms with Crippen LogP contribution in [0.15, 0.2) is 4.52 Å². The van der Waals surface area contributed by atoms with Crippen molar-refractivity contribution in [3.63, 3.8) is 0 Å². The standard InChI is InChI=1S/C16H24N4O4/c1-10-14(11(2)24-18-10)4-5-15(22)20-7-6-19(12(3)21)8-13(9-20)16(17)23/h13H,4-9H2,1-3H3,(H2,17,23)/t13-/m0/s1. The lowest BCUT2D eigenvalue weighted by Gasteiger charge is -2.22. The minimum absolute atomic E-state index is 0.0633. The molecule has 0 bridgehead atoms. The van der Waals surface area contributed by atoms with Crippen molar-refractivity contribution < 1.29 is 18.9 Å². The average Bonchev–Trinajstić information content (AvgIpc) is 2.74. The number of hydrogen-bond donors (Lipinski definition) is 1. The second kappa shape index (κ2) is 7.46. The van der Waals surface area contributed by atoms with Gasteiger partial charge in [-0.15, -0.1) is 0 Å². The normalized spacial score (nSPS) is 18.4. The lowest BCUT2D eigenvalue weighted by atomic mass is 10.1. The highest BCUT2D eigenvalue weighted by molar-refractivity contribution is 5.81. The summed E-state index contributed by atoms with van der Waals surface area (Å²) >= 11 is 0. The van der Waals surface area contributed by atoms with Crippen LogP contribution in [-0.4, -0.2) is 58.9 Å². The summed E-state index contributed by atoms with van der Waals surface area (Å²) in [6.45, 7) is 6.44. The van der Waals surface area contributed by atoms with E-state index >= 15 is 0 Å². The topological polar surface area (TPSA) is 110 Å². The number of nitrogens with two attached hydrogens (primary N) is 1. The molecule has 0 aliphatic carbocycles. The molecule has 2 rings (SSSR count). The summed E-state index contributed by atoms with van der Waals surface area (Å²) in [4.78, 5) is 38.9. The van der Waals surface area contributed by atoms with Gasteiger partial charge in [-0.3, -0.25) is 14.4 Å². The van der Waals surface area contributed by atoms with Gasteiger partial charge in [0.25, 0.3) is 0 Å². The van der Waals surface area contributed by atoms with Crippen LogP contribution >= 0.6 is 0 Å². The van der Waals surface area contributed by atoms with Gasteiger partial charge in [-0.1, -0.05) is 5.16 Å². The van der Waals surface area contributed by atoms with Crippen LogP contribution < -0.4 is 5.73 Å². The van der Waals surface area contributed by atoms with Crippen molar-refractivity contribution in [2.24, 2.45) is 11.7 Å². The van der Waals surface area contributed by atoms with Gasteiger partial charge < -0.3 is 20.1 Å².